The molecule has 1 unspecified atom stereocenters. The van der Waals surface area contributed by atoms with Crippen LogP contribution < -0.4 is 0 Å². The van der Waals surface area contributed by atoms with E-state index in [4.69, 9.17) is 0 Å². The standard InChI is InChI=1S/C17H22O3/c1-3-4-5-6-7-8-13-11-14-9-10-15(13)17(14,12(2)18)16(19)20/h9-11H,3-8H2,1-2H3,(H,19,20). The summed E-state index contributed by atoms with van der Waals surface area (Å²) >= 11 is 0. The van der Waals surface area contributed by atoms with E-state index >= 15 is 0 Å². The van der Waals surface area contributed by atoms with Crippen LogP contribution in [0.2, 0.25) is 0 Å². The Morgan fingerprint density at radius 3 is 2.40 bits per heavy atom. The molecule has 108 valence electrons. The second-order valence-corrected chi connectivity index (χ2v) is 5.65. The van der Waals surface area contributed by atoms with Crippen LogP contribution in [-0.4, -0.2) is 16.9 Å². The number of unbranched alkanes of at least 4 members (excludes halogenated alkanes) is 4. The van der Waals surface area contributed by atoms with Crippen molar-refractivity contribution in [2.45, 2.75) is 52.4 Å². The number of carbonyl (C=O) groups excluding carboxylic acids is 1. The zero-order chi connectivity index (χ0) is 14.8. The lowest BCUT2D eigenvalue weighted by Gasteiger charge is -2.21. The number of rotatable bonds is 8. The Morgan fingerprint density at radius 2 is 1.85 bits per heavy atom. The zero-order valence-electron chi connectivity index (χ0n) is 12.2. The fourth-order valence-electron chi connectivity index (χ4n) is 3.26. The Labute approximate surface area is 120 Å². The van der Waals surface area contributed by atoms with Gasteiger partial charge in [0.1, 0.15) is 0 Å². The molecule has 0 radical (unpaired) electrons. The second-order valence-electron chi connectivity index (χ2n) is 5.65. The highest BCUT2D eigenvalue weighted by molar-refractivity contribution is 6.12. The van der Waals surface area contributed by atoms with Gasteiger partial charge >= 0.3 is 5.97 Å². The molecule has 0 saturated heterocycles. The van der Waals surface area contributed by atoms with Crippen molar-refractivity contribution in [1.82, 2.24) is 0 Å². The molecule has 0 aromatic carbocycles. The fourth-order valence-corrected chi connectivity index (χ4v) is 3.26. The molecular formula is C17H22O3. The predicted octanol–water partition coefficient (Wildman–Crippen LogP) is 3.81. The summed E-state index contributed by atoms with van der Waals surface area (Å²) in [4.78, 5) is 23.6. The van der Waals surface area contributed by atoms with Gasteiger partial charge in [0.05, 0.1) is 0 Å². The van der Waals surface area contributed by atoms with E-state index in [9.17, 15) is 14.7 Å². The number of carboxylic acid groups (broad SMARTS) is 1. The lowest BCUT2D eigenvalue weighted by atomic mass is 9.77. The van der Waals surface area contributed by atoms with Crippen LogP contribution in [0.15, 0.2) is 34.9 Å². The molecular weight excluding hydrogens is 252 g/mol. The van der Waals surface area contributed by atoms with E-state index in [-0.39, 0.29) is 5.78 Å². The highest BCUT2D eigenvalue weighted by Crippen LogP contribution is 2.51. The van der Waals surface area contributed by atoms with Gasteiger partial charge in [-0.25, -0.2) is 0 Å². The van der Waals surface area contributed by atoms with Crippen molar-refractivity contribution < 1.29 is 14.7 Å². The molecule has 0 amide bonds. The molecule has 0 saturated carbocycles. The molecule has 2 bridgehead atoms. The van der Waals surface area contributed by atoms with Crippen LogP contribution in [0.1, 0.15) is 52.4 Å². The number of allylic oxidation sites excluding steroid dienone is 4. The largest absolute Gasteiger partial charge is 0.480 e. The maximum absolute atomic E-state index is 11.9. The number of hydrogen-bond donors (Lipinski definition) is 1. The molecule has 2 aliphatic rings. The minimum absolute atomic E-state index is 0.294. The van der Waals surface area contributed by atoms with Crippen molar-refractivity contribution in [3.63, 3.8) is 0 Å². The first-order valence-electron chi connectivity index (χ1n) is 7.43. The van der Waals surface area contributed by atoms with E-state index in [1.165, 1.54) is 26.2 Å². The monoisotopic (exact) mass is 274 g/mol. The second kappa shape index (κ2) is 5.78. The van der Waals surface area contributed by atoms with Crippen LogP contribution in [-0.2, 0) is 9.59 Å². The highest BCUT2D eigenvalue weighted by atomic mass is 16.4. The van der Waals surface area contributed by atoms with Gasteiger partial charge in [-0.3, -0.25) is 9.59 Å². The Bertz CT molecular complexity index is 506. The third-order valence-electron chi connectivity index (χ3n) is 4.34. The van der Waals surface area contributed by atoms with Gasteiger partial charge in [0.2, 0.25) is 0 Å². The lowest BCUT2D eigenvalue weighted by Crippen LogP contribution is -2.37. The lowest BCUT2D eigenvalue weighted by molar-refractivity contribution is -0.148. The number of ketones is 1. The fraction of sp³-hybridized carbons (Fsp3) is 0.529. The van der Waals surface area contributed by atoms with Crippen LogP contribution in [0.25, 0.3) is 0 Å². The minimum Gasteiger partial charge on any atom is -0.480 e. The zero-order valence-corrected chi connectivity index (χ0v) is 12.2. The molecule has 20 heavy (non-hydrogen) atoms. The minimum atomic E-state index is -1.40. The number of Topliss-reactive ketones (excluding diaryl/α,β-unsaturated/α-hetero) is 1. The number of carbonyl (C=O) groups is 2. The molecule has 0 aliphatic heterocycles. The van der Waals surface area contributed by atoms with E-state index in [0.29, 0.717) is 11.1 Å². The van der Waals surface area contributed by atoms with Crippen molar-refractivity contribution in [2.24, 2.45) is 5.41 Å². The number of fused-ring (bicyclic) bond motifs is 2. The van der Waals surface area contributed by atoms with Crippen LogP contribution in [0, 0.1) is 5.41 Å². The van der Waals surface area contributed by atoms with Crippen molar-refractivity contribution in [2.75, 3.05) is 0 Å². The molecule has 1 atom stereocenters. The predicted molar refractivity (Wildman–Crippen MR) is 78.4 cm³/mol. The highest BCUT2D eigenvalue weighted by Gasteiger charge is 2.54. The smallest absolute Gasteiger partial charge is 0.326 e. The first-order chi connectivity index (χ1) is 9.55. The first-order valence-corrected chi connectivity index (χ1v) is 7.43. The molecule has 2 rings (SSSR count). The summed E-state index contributed by atoms with van der Waals surface area (Å²) in [5.74, 6) is -1.34. The summed E-state index contributed by atoms with van der Waals surface area (Å²) in [5.41, 5.74) is 0.967. The Morgan fingerprint density at radius 1 is 1.15 bits per heavy atom. The van der Waals surface area contributed by atoms with E-state index < -0.39 is 11.4 Å². The Balaban J connectivity index is 2.12. The maximum Gasteiger partial charge on any atom is 0.326 e. The van der Waals surface area contributed by atoms with Gasteiger partial charge in [-0.05, 0) is 36.5 Å². The van der Waals surface area contributed by atoms with Crippen molar-refractivity contribution in [1.29, 1.82) is 0 Å². The molecule has 1 N–H and O–H groups in total. The topological polar surface area (TPSA) is 54.4 Å². The van der Waals surface area contributed by atoms with E-state index in [1.807, 2.05) is 12.2 Å². The summed E-state index contributed by atoms with van der Waals surface area (Å²) in [6, 6.07) is 0. The van der Waals surface area contributed by atoms with Crippen molar-refractivity contribution in [3.8, 4) is 0 Å². The Kier molecular flexibility index (Phi) is 4.26. The summed E-state index contributed by atoms with van der Waals surface area (Å²) in [5, 5.41) is 9.54. The summed E-state index contributed by atoms with van der Waals surface area (Å²) in [6.07, 6.45) is 12.3. The van der Waals surface area contributed by atoms with Gasteiger partial charge in [-0.2, -0.15) is 0 Å². The van der Waals surface area contributed by atoms with Crippen molar-refractivity contribution >= 4 is 11.8 Å². The summed E-state index contributed by atoms with van der Waals surface area (Å²) in [7, 11) is 0. The van der Waals surface area contributed by atoms with Crippen molar-refractivity contribution in [3.05, 3.63) is 34.9 Å². The number of hydrogen-bond acceptors (Lipinski definition) is 2. The maximum atomic E-state index is 11.9. The van der Waals surface area contributed by atoms with Gasteiger partial charge in [0, 0.05) is 0 Å². The average Bonchev–Trinajstić information content (AvgIpc) is 2.92. The Hall–Kier alpha value is -1.64. The summed E-state index contributed by atoms with van der Waals surface area (Å²) < 4.78 is 0. The number of aliphatic carboxylic acids is 1. The molecule has 3 heteroatoms. The number of carboxylic acids is 1. The molecule has 3 nitrogen and oxygen atoms in total. The van der Waals surface area contributed by atoms with Crippen LogP contribution in [0.3, 0.4) is 0 Å². The summed E-state index contributed by atoms with van der Waals surface area (Å²) in [6.45, 7) is 3.56. The van der Waals surface area contributed by atoms with Crippen LogP contribution in [0.5, 0.6) is 0 Å². The van der Waals surface area contributed by atoms with Crippen LogP contribution in [0.4, 0.5) is 0 Å². The first kappa shape index (κ1) is 14.8. The van der Waals surface area contributed by atoms with Gasteiger partial charge in [-0.15, -0.1) is 0 Å². The third-order valence-corrected chi connectivity index (χ3v) is 4.34. The molecule has 2 aliphatic carbocycles. The molecule has 0 fully saturated rings. The quantitative estimate of drug-likeness (QED) is 0.541. The van der Waals surface area contributed by atoms with Gasteiger partial charge < -0.3 is 5.11 Å². The average molecular weight is 274 g/mol. The SMILES string of the molecule is CCCCCCCC1=C2C=CC(=C1)C2(C(C)=O)C(=O)O. The van der Waals surface area contributed by atoms with Crippen LogP contribution >= 0.6 is 0 Å². The van der Waals surface area contributed by atoms with E-state index in [0.717, 1.165) is 24.8 Å². The molecule has 0 spiro atoms. The third kappa shape index (κ3) is 2.15. The van der Waals surface area contributed by atoms with E-state index in [1.54, 1.807) is 6.08 Å². The van der Waals surface area contributed by atoms with E-state index in [2.05, 4.69) is 6.92 Å². The molecule has 0 aromatic rings. The van der Waals surface area contributed by atoms with Gasteiger partial charge in [0.25, 0.3) is 0 Å². The van der Waals surface area contributed by atoms with Gasteiger partial charge in [0.15, 0.2) is 11.2 Å². The molecule has 0 heterocycles. The normalized spacial score (nSPS) is 23.4. The molecule has 0 aromatic heterocycles. The van der Waals surface area contributed by atoms with Gasteiger partial charge in [-0.1, -0.05) is 50.8 Å².